The normalized spacial score (nSPS) is 12.9. The zero-order valence-electron chi connectivity index (χ0n) is 13.9. The van der Waals surface area contributed by atoms with Gasteiger partial charge in [-0.3, -0.25) is 13.9 Å². The third kappa shape index (κ3) is 4.75. The average molecular weight is 371 g/mol. The van der Waals surface area contributed by atoms with Gasteiger partial charge in [0.1, 0.15) is 0 Å². The lowest BCUT2D eigenvalue weighted by Gasteiger charge is -2.18. The molecule has 6 nitrogen and oxygen atoms in total. The van der Waals surface area contributed by atoms with Gasteiger partial charge < -0.3 is 10.8 Å². The molecule has 9 heteroatoms. The standard InChI is InChI=1S/C17H20F3N3O3/c18-17(19,20)13-5-3-4-12(10-13)14(11-15(24)25)23-9-8-22(16(23)26)7-2-1-6-21/h3-5,8-10,14H,1-2,6-7,11,21H2,(H,24,25). The van der Waals surface area contributed by atoms with E-state index in [9.17, 15) is 22.8 Å². The Hall–Kier alpha value is -2.55. The Morgan fingerprint density at radius 1 is 1.23 bits per heavy atom. The van der Waals surface area contributed by atoms with Crippen molar-refractivity contribution in [3.8, 4) is 0 Å². The van der Waals surface area contributed by atoms with Crippen LogP contribution in [0.4, 0.5) is 13.2 Å². The summed E-state index contributed by atoms with van der Waals surface area (Å²) in [6.07, 6.45) is -0.756. The zero-order valence-corrected chi connectivity index (χ0v) is 13.9. The quantitative estimate of drug-likeness (QED) is 0.698. The summed E-state index contributed by atoms with van der Waals surface area (Å²) in [5.41, 5.74) is 4.17. The lowest BCUT2D eigenvalue weighted by atomic mass is 10.0. The van der Waals surface area contributed by atoms with Gasteiger partial charge in [-0.1, -0.05) is 12.1 Å². The van der Waals surface area contributed by atoms with Crippen molar-refractivity contribution in [2.45, 2.75) is 38.0 Å². The van der Waals surface area contributed by atoms with Crippen LogP contribution in [0.15, 0.2) is 41.5 Å². The van der Waals surface area contributed by atoms with Gasteiger partial charge in [0.15, 0.2) is 0 Å². The topological polar surface area (TPSA) is 90.2 Å². The highest BCUT2D eigenvalue weighted by Crippen LogP contribution is 2.32. The van der Waals surface area contributed by atoms with Crippen molar-refractivity contribution >= 4 is 5.97 Å². The van der Waals surface area contributed by atoms with Gasteiger partial charge in [-0.05, 0) is 37.1 Å². The number of nitrogens with zero attached hydrogens (tertiary/aromatic N) is 2. The van der Waals surface area contributed by atoms with Crippen LogP contribution in [0.5, 0.6) is 0 Å². The number of unbranched alkanes of at least 4 members (excludes halogenated alkanes) is 1. The molecule has 0 amide bonds. The SMILES string of the molecule is NCCCCn1ccn(C(CC(=O)O)c2cccc(C(F)(F)F)c2)c1=O. The van der Waals surface area contributed by atoms with Crippen LogP contribution in [0.25, 0.3) is 0 Å². The molecular formula is C17H20F3N3O3. The maximum atomic E-state index is 13.0. The molecule has 0 saturated carbocycles. The summed E-state index contributed by atoms with van der Waals surface area (Å²) in [5, 5.41) is 9.15. The number of imidazole rings is 1. The summed E-state index contributed by atoms with van der Waals surface area (Å²) >= 11 is 0. The number of aliphatic carboxylic acids is 1. The van der Waals surface area contributed by atoms with E-state index >= 15 is 0 Å². The Morgan fingerprint density at radius 2 is 1.96 bits per heavy atom. The zero-order chi connectivity index (χ0) is 19.3. The lowest BCUT2D eigenvalue weighted by Crippen LogP contribution is -2.29. The van der Waals surface area contributed by atoms with Gasteiger partial charge in [-0.2, -0.15) is 13.2 Å². The molecule has 1 aromatic heterocycles. The molecule has 26 heavy (non-hydrogen) atoms. The van der Waals surface area contributed by atoms with Gasteiger partial charge in [-0.15, -0.1) is 0 Å². The van der Waals surface area contributed by atoms with Gasteiger partial charge in [0.25, 0.3) is 0 Å². The van der Waals surface area contributed by atoms with Crippen LogP contribution >= 0.6 is 0 Å². The van der Waals surface area contributed by atoms with E-state index in [4.69, 9.17) is 10.8 Å². The molecule has 2 rings (SSSR count). The number of nitrogens with two attached hydrogens (primary N) is 1. The number of alkyl halides is 3. The highest BCUT2D eigenvalue weighted by atomic mass is 19.4. The number of aromatic nitrogens is 2. The summed E-state index contributed by atoms with van der Waals surface area (Å²) in [6.45, 7) is 0.896. The van der Waals surface area contributed by atoms with Gasteiger partial charge in [0.05, 0.1) is 18.0 Å². The predicted octanol–water partition coefficient (Wildman–Crippen LogP) is 2.47. The molecule has 0 fully saturated rings. The molecule has 0 aliphatic carbocycles. The molecule has 1 unspecified atom stereocenters. The van der Waals surface area contributed by atoms with E-state index in [0.717, 1.165) is 23.1 Å². The Balaban J connectivity index is 2.40. The first-order valence-corrected chi connectivity index (χ1v) is 8.10. The fourth-order valence-electron chi connectivity index (χ4n) is 2.73. The highest BCUT2D eigenvalue weighted by molar-refractivity contribution is 5.68. The maximum absolute atomic E-state index is 13.0. The number of carboxylic acids is 1. The van der Waals surface area contributed by atoms with Crippen molar-refractivity contribution in [2.75, 3.05) is 6.54 Å². The second kappa shape index (κ2) is 8.22. The van der Waals surface area contributed by atoms with Crippen LogP contribution in [-0.2, 0) is 17.5 Å². The largest absolute Gasteiger partial charge is 0.481 e. The number of halogens is 3. The number of hydrogen-bond acceptors (Lipinski definition) is 3. The summed E-state index contributed by atoms with van der Waals surface area (Å²) in [5.74, 6) is -1.21. The van der Waals surface area contributed by atoms with Gasteiger partial charge in [-0.25, -0.2) is 4.79 Å². The van der Waals surface area contributed by atoms with Gasteiger partial charge >= 0.3 is 17.8 Å². The van der Waals surface area contributed by atoms with Crippen molar-refractivity contribution < 1.29 is 23.1 Å². The van der Waals surface area contributed by atoms with E-state index < -0.39 is 35.9 Å². The van der Waals surface area contributed by atoms with Crippen molar-refractivity contribution in [1.82, 2.24) is 9.13 Å². The molecule has 0 bridgehead atoms. The summed E-state index contributed by atoms with van der Waals surface area (Å²) in [4.78, 5) is 23.7. The fourth-order valence-corrected chi connectivity index (χ4v) is 2.73. The Labute approximate surface area is 147 Å². The van der Waals surface area contributed by atoms with Crippen molar-refractivity contribution in [2.24, 2.45) is 5.73 Å². The molecule has 0 radical (unpaired) electrons. The number of carboxylic acid groups (broad SMARTS) is 1. The Morgan fingerprint density at radius 3 is 2.58 bits per heavy atom. The summed E-state index contributed by atoms with van der Waals surface area (Å²) < 4.78 is 41.4. The van der Waals surface area contributed by atoms with Crippen molar-refractivity contribution in [3.63, 3.8) is 0 Å². The molecule has 142 valence electrons. The number of hydrogen-bond donors (Lipinski definition) is 2. The van der Waals surface area contributed by atoms with Crippen LogP contribution in [0.1, 0.15) is 36.4 Å². The van der Waals surface area contributed by atoms with Crippen LogP contribution in [-0.4, -0.2) is 26.8 Å². The molecule has 0 spiro atoms. The highest BCUT2D eigenvalue weighted by Gasteiger charge is 2.31. The van der Waals surface area contributed by atoms with Gasteiger partial charge in [0.2, 0.25) is 0 Å². The number of carbonyl (C=O) groups is 1. The number of rotatable bonds is 8. The minimum absolute atomic E-state index is 0.115. The monoisotopic (exact) mass is 371 g/mol. The van der Waals surface area contributed by atoms with E-state index in [-0.39, 0.29) is 5.56 Å². The van der Waals surface area contributed by atoms with Crippen LogP contribution in [0, 0.1) is 0 Å². The molecule has 2 aromatic rings. The van der Waals surface area contributed by atoms with E-state index in [2.05, 4.69) is 0 Å². The van der Waals surface area contributed by atoms with Crippen molar-refractivity contribution in [1.29, 1.82) is 0 Å². The number of aryl methyl sites for hydroxylation is 1. The molecule has 1 atom stereocenters. The average Bonchev–Trinajstić information content (AvgIpc) is 2.93. The predicted molar refractivity (Wildman–Crippen MR) is 88.8 cm³/mol. The van der Waals surface area contributed by atoms with E-state index in [1.807, 2.05) is 0 Å². The Bertz CT molecular complexity index is 811. The second-order valence-electron chi connectivity index (χ2n) is 5.91. The summed E-state index contributed by atoms with van der Waals surface area (Å²) in [6, 6.07) is 3.35. The van der Waals surface area contributed by atoms with Crippen molar-refractivity contribution in [3.05, 3.63) is 58.3 Å². The minimum Gasteiger partial charge on any atom is -0.481 e. The molecule has 1 aromatic carbocycles. The molecule has 1 heterocycles. The third-order valence-corrected chi connectivity index (χ3v) is 4.03. The van der Waals surface area contributed by atoms with E-state index in [1.165, 1.54) is 29.1 Å². The first-order chi connectivity index (χ1) is 12.2. The molecule has 0 saturated heterocycles. The van der Waals surface area contributed by atoms with Gasteiger partial charge in [0, 0.05) is 18.9 Å². The van der Waals surface area contributed by atoms with Crippen LogP contribution in [0.2, 0.25) is 0 Å². The fraction of sp³-hybridized carbons (Fsp3) is 0.412. The first kappa shape index (κ1) is 19.8. The molecule has 0 aliphatic heterocycles. The van der Waals surface area contributed by atoms with Crippen LogP contribution in [0.3, 0.4) is 0 Å². The number of benzene rings is 1. The first-order valence-electron chi connectivity index (χ1n) is 8.10. The molecular weight excluding hydrogens is 351 g/mol. The third-order valence-electron chi connectivity index (χ3n) is 4.03. The van der Waals surface area contributed by atoms with Crippen LogP contribution < -0.4 is 11.4 Å². The lowest BCUT2D eigenvalue weighted by molar-refractivity contribution is -0.138. The van der Waals surface area contributed by atoms with E-state index in [1.54, 1.807) is 0 Å². The second-order valence-corrected chi connectivity index (χ2v) is 5.91. The molecule has 3 N–H and O–H groups in total. The minimum atomic E-state index is -4.55. The maximum Gasteiger partial charge on any atom is 0.416 e. The Kier molecular flexibility index (Phi) is 6.25. The molecule has 0 aliphatic rings. The smallest absolute Gasteiger partial charge is 0.416 e. The van der Waals surface area contributed by atoms with E-state index in [0.29, 0.717) is 19.5 Å². The summed E-state index contributed by atoms with van der Waals surface area (Å²) in [7, 11) is 0.